The van der Waals surface area contributed by atoms with Crippen LogP contribution >= 0.6 is 0 Å². The molecule has 0 aliphatic heterocycles. The Hall–Kier alpha value is -8.21. The lowest BCUT2D eigenvalue weighted by Gasteiger charge is -2.30. The lowest BCUT2D eigenvalue weighted by atomic mass is 9.70. The second-order valence-electron chi connectivity index (χ2n) is 16.3. The van der Waals surface area contributed by atoms with Crippen molar-refractivity contribution in [2.75, 3.05) is 0 Å². The van der Waals surface area contributed by atoms with E-state index in [0.29, 0.717) is 17.5 Å². The number of para-hydroxylation sites is 2. The highest BCUT2D eigenvalue weighted by molar-refractivity contribution is 6.09. The molecule has 2 heterocycles. The maximum Gasteiger partial charge on any atom is 0.164 e. The highest BCUT2D eigenvalue weighted by Crippen LogP contribution is 2.63. The van der Waals surface area contributed by atoms with Crippen LogP contribution in [0.2, 0.25) is 0 Å². The molecular formula is C58H35N3O. The van der Waals surface area contributed by atoms with Crippen molar-refractivity contribution in [2.45, 2.75) is 5.41 Å². The maximum atomic E-state index is 6.36. The second-order valence-corrected chi connectivity index (χ2v) is 16.3. The molecule has 0 bridgehead atoms. The molecule has 0 saturated carbocycles. The van der Waals surface area contributed by atoms with Gasteiger partial charge in [-0.25, -0.2) is 15.0 Å². The number of furan rings is 1. The van der Waals surface area contributed by atoms with Gasteiger partial charge in [0.05, 0.1) is 5.41 Å². The summed E-state index contributed by atoms with van der Waals surface area (Å²) >= 11 is 0. The predicted octanol–water partition coefficient (Wildman–Crippen LogP) is 14.4. The Morgan fingerprint density at radius 3 is 1.35 bits per heavy atom. The van der Waals surface area contributed by atoms with Gasteiger partial charge >= 0.3 is 0 Å². The summed E-state index contributed by atoms with van der Waals surface area (Å²) in [6.45, 7) is 0. The first-order valence-electron chi connectivity index (χ1n) is 21.1. The third kappa shape index (κ3) is 5.04. The molecule has 9 aromatic carbocycles. The van der Waals surface area contributed by atoms with E-state index in [1.54, 1.807) is 0 Å². The number of hydrogen-bond donors (Lipinski definition) is 0. The van der Waals surface area contributed by atoms with Crippen LogP contribution in [0.15, 0.2) is 217 Å². The van der Waals surface area contributed by atoms with Gasteiger partial charge < -0.3 is 4.42 Å². The van der Waals surface area contributed by atoms with Crippen LogP contribution in [0.5, 0.6) is 0 Å². The van der Waals surface area contributed by atoms with Gasteiger partial charge in [-0.15, -0.1) is 0 Å². The first-order chi connectivity index (χ1) is 30.7. The lowest BCUT2D eigenvalue weighted by molar-refractivity contribution is 0.670. The van der Waals surface area contributed by atoms with Gasteiger partial charge in [-0.1, -0.05) is 200 Å². The fourth-order valence-corrected chi connectivity index (χ4v) is 10.2. The van der Waals surface area contributed by atoms with Gasteiger partial charge in [0.1, 0.15) is 11.2 Å². The summed E-state index contributed by atoms with van der Waals surface area (Å²) in [5.41, 5.74) is 19.2. The van der Waals surface area contributed by atoms with Crippen molar-refractivity contribution in [3.05, 3.63) is 235 Å². The van der Waals surface area contributed by atoms with Crippen LogP contribution in [0.3, 0.4) is 0 Å². The van der Waals surface area contributed by atoms with E-state index in [9.17, 15) is 0 Å². The third-order valence-corrected chi connectivity index (χ3v) is 13.0. The fraction of sp³-hybridized carbons (Fsp3) is 0.0172. The monoisotopic (exact) mass is 789 g/mol. The molecule has 4 heteroatoms. The zero-order chi connectivity index (χ0) is 40.8. The molecule has 0 fully saturated rings. The van der Waals surface area contributed by atoms with E-state index in [1.807, 2.05) is 42.5 Å². The van der Waals surface area contributed by atoms with Crippen molar-refractivity contribution in [1.82, 2.24) is 15.0 Å². The molecular weight excluding hydrogens is 755 g/mol. The van der Waals surface area contributed by atoms with Crippen molar-refractivity contribution in [3.8, 4) is 78.7 Å². The second kappa shape index (κ2) is 13.4. The average molecular weight is 790 g/mol. The smallest absolute Gasteiger partial charge is 0.164 e. The molecule has 0 atom stereocenters. The van der Waals surface area contributed by atoms with E-state index in [4.69, 9.17) is 19.4 Å². The van der Waals surface area contributed by atoms with E-state index in [0.717, 1.165) is 55.3 Å². The standard InChI is InChI=1S/C58H35N3O/c1-2-13-38(14-3-1)55-59-56(61-57(60-55)40-31-27-37(28-32-40)42-19-12-20-47-46-18-7-11-24-53(46)62-54(42)47)39-29-25-36(26-30-39)41-33-34-52-48(35-41)45-17-6-10-23-51(45)58(52)49-21-8-4-15-43(49)44-16-5-9-22-50(44)58/h1-35H. The van der Waals surface area contributed by atoms with Crippen LogP contribution < -0.4 is 0 Å². The van der Waals surface area contributed by atoms with Gasteiger partial charge in [0, 0.05) is 33.0 Å². The van der Waals surface area contributed by atoms with Crippen LogP contribution in [0.4, 0.5) is 0 Å². The number of aromatic nitrogens is 3. The minimum Gasteiger partial charge on any atom is -0.455 e. The molecule has 13 rings (SSSR count). The van der Waals surface area contributed by atoms with Crippen molar-refractivity contribution < 1.29 is 4.42 Å². The van der Waals surface area contributed by atoms with Gasteiger partial charge in [-0.05, 0) is 73.3 Å². The zero-order valence-electron chi connectivity index (χ0n) is 33.5. The summed E-state index contributed by atoms with van der Waals surface area (Å²) in [6, 6.07) is 75.6. The molecule has 0 radical (unpaired) electrons. The SMILES string of the molecule is c1ccc(-c2nc(-c3ccc(-c4ccc5c(c4)-c4ccccc4C54c5ccccc5-c5ccccc54)cc3)nc(-c3ccc(-c4cccc5c4oc4ccccc45)cc3)n2)cc1. The Labute approximate surface area is 358 Å². The topological polar surface area (TPSA) is 51.8 Å². The molecule has 11 aromatic rings. The lowest BCUT2D eigenvalue weighted by Crippen LogP contribution is -2.25. The van der Waals surface area contributed by atoms with Gasteiger partial charge in [0.2, 0.25) is 0 Å². The van der Waals surface area contributed by atoms with Crippen molar-refractivity contribution in [2.24, 2.45) is 0 Å². The Kier molecular flexibility index (Phi) is 7.49. The minimum atomic E-state index is -0.350. The molecule has 2 aliphatic carbocycles. The molecule has 2 aromatic heterocycles. The maximum absolute atomic E-state index is 6.36. The highest BCUT2D eigenvalue weighted by atomic mass is 16.3. The first-order valence-corrected chi connectivity index (χ1v) is 21.1. The fourth-order valence-electron chi connectivity index (χ4n) is 10.2. The number of nitrogens with zero attached hydrogens (tertiary/aromatic N) is 3. The first kappa shape index (κ1) is 34.6. The molecule has 0 amide bonds. The zero-order valence-corrected chi connectivity index (χ0v) is 33.5. The molecule has 1 spiro atoms. The Morgan fingerprint density at radius 1 is 0.290 bits per heavy atom. The van der Waals surface area contributed by atoms with Crippen LogP contribution in [0, 0.1) is 0 Å². The third-order valence-electron chi connectivity index (χ3n) is 13.0. The number of hydrogen-bond acceptors (Lipinski definition) is 4. The molecule has 0 saturated heterocycles. The summed E-state index contributed by atoms with van der Waals surface area (Å²) in [7, 11) is 0. The summed E-state index contributed by atoms with van der Waals surface area (Å²) in [6.07, 6.45) is 0. The minimum absolute atomic E-state index is 0.350. The van der Waals surface area contributed by atoms with Gasteiger partial charge in [-0.2, -0.15) is 0 Å². The van der Waals surface area contributed by atoms with Gasteiger partial charge in [-0.3, -0.25) is 0 Å². The van der Waals surface area contributed by atoms with E-state index >= 15 is 0 Å². The Bertz CT molecular complexity index is 3520. The molecule has 0 unspecified atom stereocenters. The van der Waals surface area contributed by atoms with E-state index in [1.165, 1.54) is 50.1 Å². The van der Waals surface area contributed by atoms with E-state index in [-0.39, 0.29) is 5.41 Å². The average Bonchev–Trinajstić information content (AvgIpc) is 3.98. The quantitative estimate of drug-likeness (QED) is 0.174. The number of fused-ring (bicyclic) bond motifs is 13. The molecule has 4 nitrogen and oxygen atoms in total. The van der Waals surface area contributed by atoms with E-state index in [2.05, 4.69) is 170 Å². The number of rotatable bonds is 5. The van der Waals surface area contributed by atoms with Gasteiger partial charge in [0.15, 0.2) is 17.5 Å². The molecule has 2 aliphatic rings. The summed E-state index contributed by atoms with van der Waals surface area (Å²) in [5.74, 6) is 1.87. The summed E-state index contributed by atoms with van der Waals surface area (Å²) in [4.78, 5) is 15.1. The Balaban J connectivity index is 0.876. The molecule has 288 valence electrons. The van der Waals surface area contributed by atoms with Gasteiger partial charge in [0.25, 0.3) is 0 Å². The summed E-state index contributed by atoms with van der Waals surface area (Å²) in [5, 5.41) is 2.23. The highest BCUT2D eigenvalue weighted by Gasteiger charge is 2.51. The van der Waals surface area contributed by atoms with E-state index < -0.39 is 0 Å². The van der Waals surface area contributed by atoms with Crippen LogP contribution in [0.1, 0.15) is 22.3 Å². The molecule has 0 N–H and O–H groups in total. The largest absolute Gasteiger partial charge is 0.455 e. The predicted molar refractivity (Wildman–Crippen MR) is 251 cm³/mol. The van der Waals surface area contributed by atoms with Crippen molar-refractivity contribution in [3.63, 3.8) is 0 Å². The van der Waals surface area contributed by atoms with Crippen LogP contribution in [-0.2, 0) is 5.41 Å². The van der Waals surface area contributed by atoms with Crippen LogP contribution in [0.25, 0.3) is 101 Å². The summed E-state index contributed by atoms with van der Waals surface area (Å²) < 4.78 is 6.36. The number of benzene rings is 9. The Morgan fingerprint density at radius 2 is 0.726 bits per heavy atom. The van der Waals surface area contributed by atoms with Crippen LogP contribution in [-0.4, -0.2) is 15.0 Å². The van der Waals surface area contributed by atoms with Crippen molar-refractivity contribution >= 4 is 21.9 Å². The normalized spacial score (nSPS) is 13.0. The van der Waals surface area contributed by atoms with Crippen molar-refractivity contribution in [1.29, 1.82) is 0 Å². The molecule has 62 heavy (non-hydrogen) atoms.